The molecule has 0 unspecified atom stereocenters. The molecule has 0 aliphatic rings. The molecular formula is C10H24N2ReS2. The van der Waals surface area contributed by atoms with E-state index in [-0.39, 0.29) is 20.4 Å². The fourth-order valence-electron chi connectivity index (χ4n) is 1.44. The summed E-state index contributed by atoms with van der Waals surface area (Å²) < 4.78 is 0. The van der Waals surface area contributed by atoms with Gasteiger partial charge in [0.15, 0.2) is 0 Å². The molecule has 0 fully saturated rings. The molecule has 0 saturated heterocycles. The summed E-state index contributed by atoms with van der Waals surface area (Å²) in [5.41, 5.74) is 0. The van der Waals surface area contributed by atoms with Crippen LogP contribution in [0.25, 0.3) is 0 Å². The zero-order valence-electron chi connectivity index (χ0n) is 9.82. The summed E-state index contributed by atoms with van der Waals surface area (Å²) in [6.45, 7) is 11.2. The first-order chi connectivity index (χ1) is 6.78. The van der Waals surface area contributed by atoms with Crippen LogP contribution in [0.1, 0.15) is 13.8 Å². The van der Waals surface area contributed by atoms with E-state index in [9.17, 15) is 0 Å². The fraction of sp³-hybridized carbons (Fsp3) is 1.00. The Bertz CT molecular complexity index is 118. The second-order valence-electron chi connectivity index (χ2n) is 3.32. The minimum Gasteiger partial charge on any atom is -0.303 e. The topological polar surface area (TPSA) is 6.48 Å². The van der Waals surface area contributed by atoms with Gasteiger partial charge in [0.2, 0.25) is 0 Å². The fourth-order valence-corrected chi connectivity index (χ4v) is 2.01. The zero-order valence-corrected chi connectivity index (χ0v) is 14.3. The molecular weight excluding hydrogens is 400 g/mol. The SMILES string of the molecule is CCN(CC)CCN(CCS)CCS.[188Re]. The predicted octanol–water partition coefficient (Wildman–Crippen LogP) is 1.49. The molecule has 0 atom stereocenters. The van der Waals surface area contributed by atoms with Crippen LogP contribution in [0.4, 0.5) is 0 Å². The first-order valence-corrected chi connectivity index (χ1v) is 6.71. The molecule has 0 amide bonds. The third kappa shape index (κ3) is 10.2. The van der Waals surface area contributed by atoms with Crippen molar-refractivity contribution in [2.45, 2.75) is 13.8 Å². The maximum atomic E-state index is 4.26. The van der Waals surface area contributed by atoms with Gasteiger partial charge in [0.1, 0.15) is 0 Å². The number of nitrogens with zero attached hydrogens (tertiary/aromatic N) is 2. The van der Waals surface area contributed by atoms with Crippen LogP contribution in [0.2, 0.25) is 0 Å². The monoisotopic (exact) mass is 424 g/mol. The Hall–Kier alpha value is 1.28. The Morgan fingerprint density at radius 1 is 0.733 bits per heavy atom. The summed E-state index contributed by atoms with van der Waals surface area (Å²) in [7, 11) is 0. The van der Waals surface area contributed by atoms with Gasteiger partial charge in [-0.15, -0.1) is 0 Å². The van der Waals surface area contributed by atoms with Gasteiger partial charge in [0, 0.05) is 58.1 Å². The van der Waals surface area contributed by atoms with E-state index in [1.165, 1.54) is 0 Å². The Balaban J connectivity index is 0. The molecule has 0 spiro atoms. The van der Waals surface area contributed by atoms with Crippen LogP contribution in [-0.4, -0.2) is 60.6 Å². The van der Waals surface area contributed by atoms with E-state index in [1.54, 1.807) is 0 Å². The van der Waals surface area contributed by atoms with Crippen LogP contribution in [-0.2, 0) is 20.4 Å². The van der Waals surface area contributed by atoms with Gasteiger partial charge in [0.25, 0.3) is 0 Å². The second kappa shape index (κ2) is 13.3. The predicted molar refractivity (Wildman–Crippen MR) is 71.9 cm³/mol. The van der Waals surface area contributed by atoms with Crippen LogP contribution >= 0.6 is 25.3 Å². The Morgan fingerprint density at radius 2 is 1.13 bits per heavy atom. The average molecular weight is 424 g/mol. The van der Waals surface area contributed by atoms with Crippen molar-refractivity contribution in [3.8, 4) is 0 Å². The third-order valence-corrected chi connectivity index (χ3v) is 2.86. The van der Waals surface area contributed by atoms with Gasteiger partial charge in [-0.1, -0.05) is 13.8 Å². The van der Waals surface area contributed by atoms with E-state index >= 15 is 0 Å². The quantitative estimate of drug-likeness (QED) is 0.542. The van der Waals surface area contributed by atoms with E-state index in [0.29, 0.717) is 0 Å². The van der Waals surface area contributed by atoms with Crippen LogP contribution in [0.15, 0.2) is 0 Å². The Morgan fingerprint density at radius 3 is 1.47 bits per heavy atom. The largest absolute Gasteiger partial charge is 0.303 e. The first-order valence-electron chi connectivity index (χ1n) is 5.44. The van der Waals surface area contributed by atoms with Crippen molar-refractivity contribution in [1.29, 1.82) is 0 Å². The summed E-state index contributed by atoms with van der Waals surface area (Å²) in [5.74, 6) is 1.87. The van der Waals surface area contributed by atoms with Crippen molar-refractivity contribution in [3.05, 3.63) is 0 Å². The van der Waals surface area contributed by atoms with Gasteiger partial charge in [0.05, 0.1) is 0 Å². The molecule has 0 aromatic carbocycles. The number of hydrogen-bond acceptors (Lipinski definition) is 4. The molecule has 0 aliphatic carbocycles. The minimum atomic E-state index is 0. The van der Waals surface area contributed by atoms with Crippen molar-refractivity contribution in [3.63, 3.8) is 0 Å². The van der Waals surface area contributed by atoms with Gasteiger partial charge in [-0.2, -0.15) is 25.3 Å². The molecule has 0 heterocycles. The number of likely N-dealkylation sites (N-methyl/N-ethyl adjacent to an activating group) is 1. The number of thiol groups is 2. The average Bonchev–Trinajstić information content (AvgIpc) is 2.20. The number of rotatable bonds is 9. The van der Waals surface area contributed by atoms with Gasteiger partial charge in [-0.25, -0.2) is 0 Å². The van der Waals surface area contributed by atoms with Gasteiger partial charge in [-0.05, 0) is 13.1 Å². The van der Waals surface area contributed by atoms with Crippen molar-refractivity contribution in [2.24, 2.45) is 0 Å². The normalized spacial score (nSPS) is 10.8. The summed E-state index contributed by atoms with van der Waals surface area (Å²) >= 11 is 8.53. The molecule has 0 bridgehead atoms. The number of hydrogen-bond donors (Lipinski definition) is 2. The smallest absolute Gasteiger partial charge is 0.0110 e. The molecule has 5 heteroatoms. The summed E-state index contributed by atoms with van der Waals surface area (Å²) in [6, 6.07) is 0. The molecule has 0 N–H and O–H groups in total. The minimum absolute atomic E-state index is 0. The van der Waals surface area contributed by atoms with Crippen LogP contribution in [0.3, 0.4) is 0 Å². The molecule has 0 saturated carbocycles. The van der Waals surface area contributed by atoms with E-state index in [4.69, 9.17) is 0 Å². The van der Waals surface area contributed by atoms with Crippen molar-refractivity contribution in [1.82, 2.24) is 9.80 Å². The molecule has 0 aromatic heterocycles. The van der Waals surface area contributed by atoms with Gasteiger partial charge < -0.3 is 9.80 Å². The van der Waals surface area contributed by atoms with Crippen LogP contribution in [0.5, 0.6) is 0 Å². The summed E-state index contributed by atoms with van der Waals surface area (Å²) in [5, 5.41) is 0. The van der Waals surface area contributed by atoms with Crippen LogP contribution in [0, 0.1) is 0 Å². The molecule has 1 radical (unpaired) electrons. The summed E-state index contributed by atoms with van der Waals surface area (Å²) in [4.78, 5) is 4.88. The second-order valence-corrected chi connectivity index (χ2v) is 4.21. The molecule has 2 nitrogen and oxygen atoms in total. The van der Waals surface area contributed by atoms with E-state index in [0.717, 1.165) is 50.8 Å². The zero-order chi connectivity index (χ0) is 10.8. The Labute approximate surface area is 120 Å². The van der Waals surface area contributed by atoms with E-state index < -0.39 is 0 Å². The van der Waals surface area contributed by atoms with Crippen LogP contribution < -0.4 is 0 Å². The van der Waals surface area contributed by atoms with E-state index in [2.05, 4.69) is 48.9 Å². The van der Waals surface area contributed by atoms with E-state index in [1.807, 2.05) is 0 Å². The summed E-state index contributed by atoms with van der Waals surface area (Å²) in [6.07, 6.45) is 0. The molecule has 15 heavy (non-hydrogen) atoms. The molecule has 0 aliphatic heterocycles. The maximum absolute atomic E-state index is 4.26. The molecule has 0 aromatic rings. The molecule has 0 rings (SSSR count). The maximum Gasteiger partial charge on any atom is 0.0110 e. The van der Waals surface area contributed by atoms with Crippen molar-refractivity contribution >= 4 is 25.3 Å². The Kier molecular flexibility index (Phi) is 16.6. The first kappa shape index (κ1) is 18.6. The van der Waals surface area contributed by atoms with Gasteiger partial charge >= 0.3 is 0 Å². The standard InChI is InChI=1S/C10H24N2S2.Re/c1-3-11(4-2)5-6-12(7-9-13)8-10-14;/h13-14H,3-10H2,1-2H3;/i;1+2. The molecule has 93 valence electrons. The van der Waals surface area contributed by atoms with Gasteiger partial charge in [-0.3, -0.25) is 0 Å². The van der Waals surface area contributed by atoms with Crippen molar-refractivity contribution < 1.29 is 20.4 Å². The third-order valence-electron chi connectivity index (χ3n) is 2.46. The van der Waals surface area contributed by atoms with Crippen molar-refractivity contribution in [2.75, 3.05) is 50.8 Å².